The Bertz CT molecular complexity index is 535. The van der Waals surface area contributed by atoms with Gasteiger partial charge in [-0.25, -0.2) is 4.98 Å². The summed E-state index contributed by atoms with van der Waals surface area (Å²) in [6, 6.07) is 3.99. The molecular formula is C12H13N3OS2. The second kappa shape index (κ2) is 5.24. The Balaban J connectivity index is 1.72. The SMILES string of the molecule is O=C1CCCC[C@H]1Sc1n[nH]c(-c2cccs2)n1. The summed E-state index contributed by atoms with van der Waals surface area (Å²) in [5.41, 5.74) is 0. The maximum Gasteiger partial charge on any atom is 0.209 e. The minimum Gasteiger partial charge on any atom is -0.298 e. The number of nitrogens with one attached hydrogen (secondary N) is 1. The number of hydrogen-bond donors (Lipinski definition) is 1. The molecule has 1 aliphatic carbocycles. The molecule has 4 nitrogen and oxygen atoms in total. The van der Waals surface area contributed by atoms with E-state index in [0.717, 1.165) is 30.0 Å². The fraction of sp³-hybridized carbons (Fsp3) is 0.417. The number of carbonyl (C=O) groups excluding carboxylic acids is 1. The van der Waals surface area contributed by atoms with E-state index in [-0.39, 0.29) is 5.25 Å². The van der Waals surface area contributed by atoms with Crippen molar-refractivity contribution in [2.75, 3.05) is 0 Å². The molecule has 2 heterocycles. The van der Waals surface area contributed by atoms with Crippen molar-refractivity contribution in [1.29, 1.82) is 0 Å². The molecule has 18 heavy (non-hydrogen) atoms. The lowest BCUT2D eigenvalue weighted by atomic mass is 9.99. The van der Waals surface area contributed by atoms with Gasteiger partial charge in [-0.3, -0.25) is 9.89 Å². The first kappa shape index (κ1) is 11.9. The number of aromatic nitrogens is 3. The number of ketones is 1. The first-order valence-electron chi connectivity index (χ1n) is 5.98. The highest BCUT2D eigenvalue weighted by atomic mass is 32.2. The van der Waals surface area contributed by atoms with E-state index < -0.39 is 0 Å². The Morgan fingerprint density at radius 2 is 2.39 bits per heavy atom. The molecule has 0 bridgehead atoms. The third kappa shape index (κ3) is 2.49. The highest BCUT2D eigenvalue weighted by Crippen LogP contribution is 2.31. The molecule has 94 valence electrons. The molecule has 3 rings (SSSR count). The lowest BCUT2D eigenvalue weighted by Crippen LogP contribution is -2.21. The van der Waals surface area contributed by atoms with E-state index in [4.69, 9.17) is 0 Å². The third-order valence-corrected chi connectivity index (χ3v) is 5.02. The minimum atomic E-state index is 0.0470. The maximum absolute atomic E-state index is 11.7. The van der Waals surface area contributed by atoms with Crippen LogP contribution in [0.5, 0.6) is 0 Å². The Kier molecular flexibility index (Phi) is 3.47. The first-order valence-corrected chi connectivity index (χ1v) is 7.74. The van der Waals surface area contributed by atoms with Crippen molar-refractivity contribution < 1.29 is 4.79 Å². The van der Waals surface area contributed by atoms with Crippen molar-refractivity contribution in [3.05, 3.63) is 17.5 Å². The largest absolute Gasteiger partial charge is 0.298 e. The van der Waals surface area contributed by atoms with Gasteiger partial charge in [0.05, 0.1) is 10.1 Å². The zero-order valence-corrected chi connectivity index (χ0v) is 11.4. The van der Waals surface area contributed by atoms with Crippen LogP contribution in [0.1, 0.15) is 25.7 Å². The molecule has 6 heteroatoms. The molecule has 0 radical (unpaired) electrons. The van der Waals surface area contributed by atoms with Gasteiger partial charge < -0.3 is 0 Å². The van der Waals surface area contributed by atoms with Crippen molar-refractivity contribution >= 4 is 28.9 Å². The molecule has 0 saturated heterocycles. The fourth-order valence-electron chi connectivity index (χ4n) is 2.03. The van der Waals surface area contributed by atoms with E-state index in [1.807, 2.05) is 17.5 Å². The topological polar surface area (TPSA) is 58.6 Å². The van der Waals surface area contributed by atoms with Crippen LogP contribution in [-0.2, 0) is 4.79 Å². The molecular weight excluding hydrogens is 266 g/mol. The molecule has 0 spiro atoms. The minimum absolute atomic E-state index is 0.0470. The van der Waals surface area contributed by atoms with Gasteiger partial charge in [0.1, 0.15) is 5.78 Å². The highest BCUT2D eigenvalue weighted by molar-refractivity contribution is 8.00. The third-order valence-electron chi connectivity index (χ3n) is 2.97. The quantitative estimate of drug-likeness (QED) is 0.937. The number of aromatic amines is 1. The van der Waals surface area contributed by atoms with Gasteiger partial charge in [0, 0.05) is 6.42 Å². The summed E-state index contributed by atoms with van der Waals surface area (Å²) in [5, 5.41) is 9.85. The van der Waals surface area contributed by atoms with Crippen LogP contribution >= 0.6 is 23.1 Å². The number of nitrogens with zero attached hydrogens (tertiary/aromatic N) is 2. The maximum atomic E-state index is 11.7. The van der Waals surface area contributed by atoms with Crippen molar-refractivity contribution in [3.8, 4) is 10.7 Å². The molecule has 0 aromatic carbocycles. The summed E-state index contributed by atoms with van der Waals surface area (Å²) in [4.78, 5) is 17.3. The molecule has 2 aromatic heterocycles. The van der Waals surface area contributed by atoms with E-state index in [1.54, 1.807) is 11.3 Å². The fourth-order valence-corrected chi connectivity index (χ4v) is 3.72. The molecule has 1 atom stereocenters. The van der Waals surface area contributed by atoms with Gasteiger partial charge in [0.25, 0.3) is 0 Å². The van der Waals surface area contributed by atoms with Crippen LogP contribution < -0.4 is 0 Å². The number of rotatable bonds is 3. The number of hydrogen-bond acceptors (Lipinski definition) is 5. The van der Waals surface area contributed by atoms with Crippen LogP contribution in [-0.4, -0.2) is 26.2 Å². The van der Waals surface area contributed by atoms with Gasteiger partial charge in [-0.05, 0) is 24.3 Å². The predicted octanol–water partition coefficient (Wildman–Crippen LogP) is 3.14. The first-order chi connectivity index (χ1) is 8.83. The summed E-state index contributed by atoms with van der Waals surface area (Å²) in [6.45, 7) is 0. The number of H-pyrrole nitrogens is 1. The second-order valence-corrected chi connectivity index (χ2v) is 6.38. The number of thioether (sulfide) groups is 1. The smallest absolute Gasteiger partial charge is 0.209 e. The Hall–Kier alpha value is -1.14. The summed E-state index contributed by atoms with van der Waals surface area (Å²) in [7, 11) is 0. The Labute approximate surface area is 113 Å². The molecule has 0 aliphatic heterocycles. The number of carbonyl (C=O) groups is 1. The predicted molar refractivity (Wildman–Crippen MR) is 72.8 cm³/mol. The van der Waals surface area contributed by atoms with Crippen molar-refractivity contribution in [1.82, 2.24) is 15.2 Å². The molecule has 1 fully saturated rings. The molecule has 0 amide bonds. The second-order valence-electron chi connectivity index (χ2n) is 4.26. The standard InChI is InChI=1S/C12H13N3OS2/c16-8-4-1-2-5-9(8)18-12-13-11(14-15-12)10-6-3-7-17-10/h3,6-7,9H,1-2,4-5H2,(H,13,14,15)/t9-/m1/s1. The van der Waals surface area contributed by atoms with Gasteiger partial charge in [-0.15, -0.1) is 16.4 Å². The van der Waals surface area contributed by atoms with Gasteiger partial charge in [-0.2, -0.15) is 0 Å². The van der Waals surface area contributed by atoms with Gasteiger partial charge in [0.2, 0.25) is 5.16 Å². The average Bonchev–Trinajstić information content (AvgIpc) is 3.02. The Morgan fingerprint density at radius 3 is 3.17 bits per heavy atom. The van der Waals surface area contributed by atoms with Crippen LogP contribution in [0.2, 0.25) is 0 Å². The monoisotopic (exact) mass is 279 g/mol. The van der Waals surface area contributed by atoms with Crippen LogP contribution in [0, 0.1) is 0 Å². The molecule has 1 aliphatic rings. The van der Waals surface area contributed by atoms with Crippen LogP contribution in [0.3, 0.4) is 0 Å². The molecule has 1 N–H and O–H groups in total. The van der Waals surface area contributed by atoms with E-state index in [1.165, 1.54) is 11.8 Å². The van der Waals surface area contributed by atoms with E-state index in [9.17, 15) is 4.79 Å². The zero-order chi connectivity index (χ0) is 12.4. The van der Waals surface area contributed by atoms with Crippen LogP contribution in [0.15, 0.2) is 22.7 Å². The molecule has 2 aromatic rings. The summed E-state index contributed by atoms with van der Waals surface area (Å²) in [6.07, 6.45) is 3.82. The number of Topliss-reactive ketones (excluding diaryl/α,β-unsaturated/α-hetero) is 1. The van der Waals surface area contributed by atoms with Crippen LogP contribution in [0.4, 0.5) is 0 Å². The number of thiophene rings is 1. The van der Waals surface area contributed by atoms with Crippen molar-refractivity contribution in [2.45, 2.75) is 36.1 Å². The normalized spacial score (nSPS) is 20.2. The molecule has 1 saturated carbocycles. The van der Waals surface area contributed by atoms with Gasteiger partial charge >= 0.3 is 0 Å². The highest BCUT2D eigenvalue weighted by Gasteiger charge is 2.24. The van der Waals surface area contributed by atoms with Crippen molar-refractivity contribution in [2.24, 2.45) is 0 Å². The van der Waals surface area contributed by atoms with E-state index in [2.05, 4.69) is 15.2 Å². The molecule has 0 unspecified atom stereocenters. The Morgan fingerprint density at radius 1 is 1.44 bits per heavy atom. The van der Waals surface area contributed by atoms with E-state index in [0.29, 0.717) is 17.4 Å². The van der Waals surface area contributed by atoms with E-state index >= 15 is 0 Å². The van der Waals surface area contributed by atoms with Crippen molar-refractivity contribution in [3.63, 3.8) is 0 Å². The van der Waals surface area contributed by atoms with Crippen LogP contribution in [0.25, 0.3) is 10.7 Å². The summed E-state index contributed by atoms with van der Waals surface area (Å²) in [5.74, 6) is 1.13. The zero-order valence-electron chi connectivity index (χ0n) is 9.76. The average molecular weight is 279 g/mol. The lowest BCUT2D eigenvalue weighted by molar-refractivity contribution is -0.119. The lowest BCUT2D eigenvalue weighted by Gasteiger charge is -2.17. The summed E-state index contributed by atoms with van der Waals surface area (Å²) < 4.78 is 0. The van der Waals surface area contributed by atoms with Gasteiger partial charge in [0.15, 0.2) is 5.82 Å². The summed E-state index contributed by atoms with van der Waals surface area (Å²) >= 11 is 3.12. The van der Waals surface area contributed by atoms with Gasteiger partial charge in [-0.1, -0.05) is 24.2 Å².